The lowest BCUT2D eigenvalue weighted by Crippen LogP contribution is -2.45. The SMILES string of the molecule is CC[C@H](C(N)=O)N1CC(CNC(=O)CBr)CC1=O.CC[C@H](C(N)=O)N1CC(CNC(=O)CSC2CCCCCCCCCC2)CC1=O.SC1CCCCCCCCCC1. The van der Waals surface area contributed by atoms with Crippen LogP contribution in [-0.4, -0.2) is 105 Å². The first-order valence-electron chi connectivity index (χ1n) is 23.0. The van der Waals surface area contributed by atoms with E-state index in [9.17, 15) is 28.8 Å². The van der Waals surface area contributed by atoms with E-state index in [1.165, 1.54) is 133 Å². The molecule has 15 heteroatoms. The van der Waals surface area contributed by atoms with Gasteiger partial charge in [-0.2, -0.15) is 12.6 Å². The molecule has 6 N–H and O–H groups in total. The number of carbonyl (C=O) groups is 6. The summed E-state index contributed by atoms with van der Waals surface area (Å²) in [6.07, 6.45) is 29.1. The zero-order valence-electron chi connectivity index (χ0n) is 36.4. The van der Waals surface area contributed by atoms with Crippen molar-refractivity contribution in [3.05, 3.63) is 0 Å². The van der Waals surface area contributed by atoms with Gasteiger partial charge in [0.25, 0.3) is 0 Å². The van der Waals surface area contributed by atoms with E-state index in [-0.39, 0.29) is 40.8 Å². The number of hydrogen-bond donors (Lipinski definition) is 5. The Morgan fingerprint density at radius 2 is 1.00 bits per heavy atom. The summed E-state index contributed by atoms with van der Waals surface area (Å²) in [5, 5.41) is 7.25. The second kappa shape index (κ2) is 31.8. The first kappa shape index (κ1) is 53.1. The Labute approximate surface area is 374 Å². The third-order valence-corrected chi connectivity index (χ3v) is 14.4. The van der Waals surface area contributed by atoms with Crippen LogP contribution in [0.25, 0.3) is 0 Å². The van der Waals surface area contributed by atoms with E-state index in [1.807, 2.05) is 13.8 Å². The van der Waals surface area contributed by atoms with Crippen LogP contribution in [0.3, 0.4) is 0 Å². The Morgan fingerprint density at radius 1 is 0.644 bits per heavy atom. The first-order chi connectivity index (χ1) is 28.4. The van der Waals surface area contributed by atoms with Crippen molar-refractivity contribution in [1.82, 2.24) is 20.4 Å². The molecule has 2 saturated heterocycles. The first-order valence-corrected chi connectivity index (χ1v) is 25.6. The van der Waals surface area contributed by atoms with Crippen molar-refractivity contribution in [1.29, 1.82) is 0 Å². The molecule has 340 valence electrons. The Kier molecular flexibility index (Phi) is 28.6. The molecular formula is C44H79BrN6O6S2. The van der Waals surface area contributed by atoms with Crippen molar-refractivity contribution in [3.63, 3.8) is 0 Å². The highest BCUT2D eigenvalue weighted by atomic mass is 79.9. The fraction of sp³-hybridized carbons (Fsp3) is 0.864. The minimum atomic E-state index is -0.533. The number of halogens is 1. The summed E-state index contributed by atoms with van der Waals surface area (Å²) in [5.74, 6) is -0.496. The van der Waals surface area contributed by atoms with E-state index in [2.05, 4.69) is 39.2 Å². The molecule has 0 aromatic heterocycles. The smallest absolute Gasteiger partial charge is 0.240 e. The third kappa shape index (κ3) is 22.6. The number of nitrogens with one attached hydrogen (secondary N) is 2. The maximum Gasteiger partial charge on any atom is 0.240 e. The molecule has 2 unspecified atom stereocenters. The van der Waals surface area contributed by atoms with Crippen molar-refractivity contribution < 1.29 is 28.8 Å². The van der Waals surface area contributed by atoms with E-state index in [0.717, 1.165) is 0 Å². The van der Waals surface area contributed by atoms with Crippen molar-refractivity contribution in [2.24, 2.45) is 23.3 Å². The van der Waals surface area contributed by atoms with E-state index in [0.29, 0.717) is 68.1 Å². The molecule has 59 heavy (non-hydrogen) atoms. The van der Waals surface area contributed by atoms with Crippen molar-refractivity contribution in [2.75, 3.05) is 37.3 Å². The molecule has 0 spiro atoms. The summed E-state index contributed by atoms with van der Waals surface area (Å²) in [6.45, 7) is 5.58. The minimum Gasteiger partial charge on any atom is -0.368 e. The van der Waals surface area contributed by atoms with Crippen LogP contribution >= 0.6 is 40.3 Å². The van der Waals surface area contributed by atoms with Gasteiger partial charge in [0.05, 0.1) is 11.1 Å². The monoisotopic (exact) mass is 930 g/mol. The Hall–Kier alpha value is -2.00. The maximum absolute atomic E-state index is 12.3. The van der Waals surface area contributed by atoms with E-state index in [4.69, 9.17) is 11.5 Å². The van der Waals surface area contributed by atoms with Crippen LogP contribution in [0.1, 0.15) is 168 Å². The van der Waals surface area contributed by atoms with Crippen molar-refractivity contribution >= 4 is 75.8 Å². The summed E-state index contributed by atoms with van der Waals surface area (Å²) < 4.78 is 0. The van der Waals surface area contributed by atoms with Crippen LogP contribution in [-0.2, 0) is 28.8 Å². The number of amides is 6. The molecular weight excluding hydrogens is 853 g/mol. The van der Waals surface area contributed by atoms with Crippen LogP contribution in [0, 0.1) is 11.8 Å². The predicted molar refractivity (Wildman–Crippen MR) is 247 cm³/mol. The van der Waals surface area contributed by atoms with Crippen LogP contribution < -0.4 is 22.1 Å². The maximum atomic E-state index is 12.3. The molecule has 2 aliphatic carbocycles. The van der Waals surface area contributed by atoms with Crippen molar-refractivity contribution in [2.45, 2.75) is 191 Å². The molecule has 4 atom stereocenters. The molecule has 12 nitrogen and oxygen atoms in total. The van der Waals surface area contributed by atoms with Gasteiger partial charge in [-0.1, -0.05) is 133 Å². The van der Waals surface area contributed by atoms with Crippen LogP contribution in [0.4, 0.5) is 0 Å². The van der Waals surface area contributed by atoms with Gasteiger partial charge in [0.15, 0.2) is 0 Å². The average molecular weight is 932 g/mol. The van der Waals surface area contributed by atoms with Gasteiger partial charge >= 0.3 is 0 Å². The quantitative estimate of drug-likeness (QED) is 0.0914. The number of hydrogen-bond acceptors (Lipinski definition) is 8. The lowest BCUT2D eigenvalue weighted by molar-refractivity contribution is -0.136. The normalized spacial score (nSPS) is 22.9. The van der Waals surface area contributed by atoms with E-state index < -0.39 is 23.9 Å². The summed E-state index contributed by atoms with van der Waals surface area (Å²) in [7, 11) is 0. The van der Waals surface area contributed by atoms with Gasteiger partial charge in [-0.05, 0) is 38.5 Å². The second-order valence-corrected chi connectivity index (χ2v) is 19.6. The molecule has 0 bridgehead atoms. The van der Waals surface area contributed by atoms with Crippen LogP contribution in [0.15, 0.2) is 0 Å². The van der Waals surface area contributed by atoms with Gasteiger partial charge in [-0.15, -0.1) is 11.8 Å². The fourth-order valence-corrected chi connectivity index (χ4v) is 10.3. The lowest BCUT2D eigenvalue weighted by Gasteiger charge is -2.24. The fourth-order valence-electron chi connectivity index (χ4n) is 8.53. The van der Waals surface area contributed by atoms with E-state index in [1.54, 1.807) is 16.7 Å². The molecule has 2 heterocycles. The number of nitrogens with two attached hydrogens (primary N) is 2. The Morgan fingerprint density at radius 3 is 1.36 bits per heavy atom. The second-order valence-electron chi connectivity index (χ2n) is 17.0. The zero-order valence-corrected chi connectivity index (χ0v) is 39.7. The summed E-state index contributed by atoms with van der Waals surface area (Å²) in [5.41, 5.74) is 10.7. The Bertz CT molecular complexity index is 1240. The highest BCUT2D eigenvalue weighted by Crippen LogP contribution is 2.27. The standard InChI is InChI=1S/C22H39N3O3S.C11H18BrN3O3.C11H22S/c1-2-19(22(23)28)25-15-17(13-21(25)27)14-24-20(26)16-29-18-11-9-7-5-3-4-6-8-10-12-18;1-2-8(11(13)18)15-6-7(3-10(15)17)5-14-9(16)4-12;12-11-9-7-5-3-1-2-4-6-8-10-11/h17-19H,2-16H2,1H3,(H2,23,28)(H,24,26);7-8H,2-6H2,1H3,(H2,13,18)(H,14,16);11-12H,1-10H2/t17?,19-;7?,8-;/m11./s1. The topological polar surface area (TPSA) is 185 Å². The number of thiol groups is 1. The molecule has 4 fully saturated rings. The molecule has 6 amide bonds. The molecule has 0 aromatic carbocycles. The molecule has 4 rings (SSSR count). The van der Waals surface area contributed by atoms with Gasteiger partial charge in [0.1, 0.15) is 12.1 Å². The van der Waals surface area contributed by atoms with Crippen LogP contribution in [0.5, 0.6) is 0 Å². The van der Waals surface area contributed by atoms with Crippen LogP contribution in [0.2, 0.25) is 0 Å². The summed E-state index contributed by atoms with van der Waals surface area (Å²) in [6, 6.07) is -1.06. The molecule has 0 aromatic rings. The molecule has 2 aliphatic heterocycles. The average Bonchev–Trinajstić information content (AvgIpc) is 3.73. The number of nitrogens with zero attached hydrogens (tertiary/aromatic N) is 2. The Balaban J connectivity index is 0.000000339. The molecule has 2 saturated carbocycles. The van der Waals surface area contributed by atoms with Gasteiger partial charge in [-0.3, -0.25) is 28.8 Å². The summed E-state index contributed by atoms with van der Waals surface area (Å²) in [4.78, 5) is 73.3. The van der Waals surface area contributed by atoms with Crippen molar-refractivity contribution in [3.8, 4) is 0 Å². The third-order valence-electron chi connectivity index (χ3n) is 12.0. The van der Waals surface area contributed by atoms with E-state index >= 15 is 0 Å². The number of primary amides is 2. The minimum absolute atomic E-state index is 0.0401. The number of rotatable bonds is 14. The largest absolute Gasteiger partial charge is 0.368 e. The number of alkyl halides is 1. The highest BCUT2D eigenvalue weighted by Gasteiger charge is 2.37. The number of thioether (sulfide) groups is 1. The number of likely N-dealkylation sites (tertiary alicyclic amines) is 2. The summed E-state index contributed by atoms with van der Waals surface area (Å²) >= 11 is 9.44. The lowest BCUT2D eigenvalue weighted by atomic mass is 10.1. The zero-order chi connectivity index (χ0) is 43.4. The molecule has 4 aliphatic rings. The van der Waals surface area contributed by atoms with Gasteiger partial charge in [0.2, 0.25) is 35.4 Å². The van der Waals surface area contributed by atoms with Gasteiger partial charge in [-0.25, -0.2) is 0 Å². The van der Waals surface area contributed by atoms with Gasteiger partial charge in [0, 0.05) is 61.4 Å². The number of carbonyl (C=O) groups excluding carboxylic acids is 6. The van der Waals surface area contributed by atoms with Gasteiger partial charge < -0.3 is 31.9 Å². The predicted octanol–water partition coefficient (Wildman–Crippen LogP) is 7.04. The molecule has 0 radical (unpaired) electrons. The highest BCUT2D eigenvalue weighted by molar-refractivity contribution is 9.09.